The molecule has 7 heteroatoms. The minimum Gasteiger partial charge on any atom is -0.489 e. The summed E-state index contributed by atoms with van der Waals surface area (Å²) in [5, 5.41) is 9.99. The number of carbonyl (C=O) groups excluding carboxylic acids is 2. The van der Waals surface area contributed by atoms with Crippen LogP contribution >= 0.6 is 0 Å². The topological polar surface area (TPSA) is 97.8 Å². The van der Waals surface area contributed by atoms with Gasteiger partial charge in [-0.25, -0.2) is 5.48 Å². The third-order valence-corrected chi connectivity index (χ3v) is 5.61. The fraction of sp³-hybridized carbons (Fsp3) is 0.261. The maximum Gasteiger partial charge on any atom is 0.317 e. The van der Waals surface area contributed by atoms with Crippen molar-refractivity contribution in [2.45, 2.75) is 25.4 Å². The number of nitrogens with zero attached hydrogens (tertiary/aromatic N) is 1. The second-order valence-corrected chi connectivity index (χ2v) is 7.45. The van der Waals surface area contributed by atoms with Crippen molar-refractivity contribution in [3.63, 3.8) is 0 Å². The average Bonchev–Trinajstić information content (AvgIpc) is 3.53. The lowest BCUT2D eigenvalue weighted by Gasteiger charge is -2.16. The summed E-state index contributed by atoms with van der Waals surface area (Å²) in [5.41, 5.74) is 3.96. The Labute approximate surface area is 173 Å². The number of ether oxygens (including phenoxy) is 2. The van der Waals surface area contributed by atoms with Gasteiger partial charge in [-0.2, -0.15) is 0 Å². The quantitative estimate of drug-likeness (QED) is 0.371. The van der Waals surface area contributed by atoms with E-state index in [0.717, 1.165) is 22.2 Å². The number of methoxy groups -OCH3 is 1. The predicted molar refractivity (Wildman–Crippen MR) is 109 cm³/mol. The molecule has 1 saturated carbocycles. The van der Waals surface area contributed by atoms with Crippen molar-refractivity contribution in [2.75, 3.05) is 7.11 Å². The molecule has 1 aliphatic carbocycles. The van der Waals surface area contributed by atoms with Crippen molar-refractivity contribution >= 4 is 22.8 Å². The number of fused-ring (bicyclic) bond motifs is 1. The fourth-order valence-electron chi connectivity index (χ4n) is 4.04. The molecule has 1 fully saturated rings. The van der Waals surface area contributed by atoms with Crippen molar-refractivity contribution in [1.82, 2.24) is 10.5 Å². The first-order valence-electron chi connectivity index (χ1n) is 9.60. The van der Waals surface area contributed by atoms with Crippen LogP contribution in [0.25, 0.3) is 10.9 Å². The van der Waals surface area contributed by atoms with E-state index in [-0.39, 0.29) is 6.42 Å². The monoisotopic (exact) mass is 406 g/mol. The first-order chi connectivity index (χ1) is 14.5. The highest BCUT2D eigenvalue weighted by molar-refractivity contribution is 5.98. The molecule has 2 N–H and O–H groups in total. The summed E-state index contributed by atoms with van der Waals surface area (Å²) in [6.07, 6.45) is 0.268. The van der Waals surface area contributed by atoms with Gasteiger partial charge in [-0.15, -0.1) is 0 Å². The molecular weight excluding hydrogens is 384 g/mol. The molecule has 1 aromatic heterocycles. The molecule has 0 bridgehead atoms. The standard InChI is InChI=1S/C23H22N2O5/c1-14-10-15(18-8-3-4-9-20(18)24-14)13-30-17-7-5-6-16(11-17)23(22(27)29-2)12-19(23)21(26)25-28/h3-11,19,28H,12-13H2,1-2H3,(H,25,26)/t19-,23-/m1/s1. The number of hydrogen-bond acceptors (Lipinski definition) is 6. The Bertz CT molecular complexity index is 1130. The number of esters is 1. The number of benzene rings is 2. The summed E-state index contributed by atoms with van der Waals surface area (Å²) in [4.78, 5) is 28.9. The number of amides is 1. The van der Waals surface area contributed by atoms with Crippen LogP contribution in [-0.2, 0) is 26.3 Å². The van der Waals surface area contributed by atoms with Gasteiger partial charge in [0.05, 0.1) is 18.5 Å². The normalized spacial score (nSPS) is 19.9. The Kier molecular flexibility index (Phi) is 5.13. The number of para-hydroxylation sites is 1. The van der Waals surface area contributed by atoms with Gasteiger partial charge < -0.3 is 9.47 Å². The van der Waals surface area contributed by atoms with Crippen molar-refractivity contribution in [1.29, 1.82) is 0 Å². The van der Waals surface area contributed by atoms with Crippen molar-refractivity contribution in [2.24, 2.45) is 5.92 Å². The molecule has 0 aliphatic heterocycles. The van der Waals surface area contributed by atoms with E-state index in [0.29, 0.717) is 17.9 Å². The number of nitrogens with one attached hydrogen (secondary N) is 1. The second kappa shape index (κ2) is 7.76. The van der Waals surface area contributed by atoms with Gasteiger partial charge in [0, 0.05) is 16.6 Å². The molecule has 0 spiro atoms. The Hall–Kier alpha value is -3.45. The first kappa shape index (κ1) is 19.8. The molecule has 1 amide bonds. The van der Waals surface area contributed by atoms with E-state index in [2.05, 4.69) is 4.98 Å². The van der Waals surface area contributed by atoms with Gasteiger partial charge in [-0.05, 0) is 43.2 Å². The molecule has 0 radical (unpaired) electrons. The summed E-state index contributed by atoms with van der Waals surface area (Å²) in [6, 6.07) is 17.0. The van der Waals surface area contributed by atoms with Crippen molar-refractivity contribution in [3.05, 3.63) is 71.4 Å². The van der Waals surface area contributed by atoms with E-state index in [4.69, 9.17) is 14.7 Å². The smallest absolute Gasteiger partial charge is 0.317 e. The number of rotatable bonds is 6. The Balaban J connectivity index is 1.60. The van der Waals surface area contributed by atoms with Crippen LogP contribution in [0.5, 0.6) is 5.75 Å². The zero-order valence-corrected chi connectivity index (χ0v) is 16.7. The van der Waals surface area contributed by atoms with Gasteiger partial charge >= 0.3 is 5.97 Å². The van der Waals surface area contributed by atoms with Crippen LogP contribution in [-0.4, -0.2) is 29.2 Å². The predicted octanol–water partition coefficient (Wildman–Crippen LogP) is 3.06. The number of hydroxylamine groups is 1. The number of aromatic nitrogens is 1. The zero-order chi connectivity index (χ0) is 21.3. The maximum atomic E-state index is 12.5. The van der Waals surface area contributed by atoms with Gasteiger partial charge in [-0.3, -0.25) is 19.8 Å². The van der Waals surface area contributed by atoms with Gasteiger partial charge in [-0.1, -0.05) is 30.3 Å². The van der Waals surface area contributed by atoms with Gasteiger partial charge in [0.25, 0.3) is 0 Å². The third-order valence-electron chi connectivity index (χ3n) is 5.61. The van der Waals surface area contributed by atoms with Crippen LogP contribution in [0.2, 0.25) is 0 Å². The van der Waals surface area contributed by atoms with Gasteiger partial charge in [0.15, 0.2) is 0 Å². The van der Waals surface area contributed by atoms with Gasteiger partial charge in [0.2, 0.25) is 5.91 Å². The molecular formula is C23H22N2O5. The van der Waals surface area contributed by atoms with Crippen LogP contribution in [0.3, 0.4) is 0 Å². The second-order valence-electron chi connectivity index (χ2n) is 7.45. The molecule has 2 aromatic carbocycles. The molecule has 30 heavy (non-hydrogen) atoms. The Morgan fingerprint density at radius 2 is 2.00 bits per heavy atom. The molecule has 3 aromatic rings. The minimum atomic E-state index is -1.11. The minimum absolute atomic E-state index is 0.268. The fourth-order valence-corrected chi connectivity index (χ4v) is 4.04. The summed E-state index contributed by atoms with van der Waals surface area (Å²) in [6.45, 7) is 2.27. The number of hydrogen-bond donors (Lipinski definition) is 2. The zero-order valence-electron chi connectivity index (χ0n) is 16.7. The molecule has 7 nitrogen and oxygen atoms in total. The lowest BCUT2D eigenvalue weighted by molar-refractivity contribution is -0.146. The molecule has 0 unspecified atom stereocenters. The summed E-state index contributed by atoms with van der Waals surface area (Å²) in [5.74, 6) is -1.23. The lowest BCUT2D eigenvalue weighted by atomic mass is 9.92. The van der Waals surface area contributed by atoms with Crippen LogP contribution in [0, 0.1) is 12.8 Å². The molecule has 0 saturated heterocycles. The Morgan fingerprint density at radius 1 is 1.20 bits per heavy atom. The molecule has 154 valence electrons. The van der Waals surface area contributed by atoms with Crippen LogP contribution in [0.15, 0.2) is 54.6 Å². The van der Waals surface area contributed by atoms with E-state index in [9.17, 15) is 9.59 Å². The maximum absolute atomic E-state index is 12.5. The number of aryl methyl sites for hydroxylation is 1. The van der Waals surface area contributed by atoms with Crippen LogP contribution in [0.1, 0.15) is 23.2 Å². The average molecular weight is 406 g/mol. The summed E-state index contributed by atoms with van der Waals surface area (Å²) < 4.78 is 11.0. The van der Waals surface area contributed by atoms with Crippen LogP contribution in [0.4, 0.5) is 0 Å². The van der Waals surface area contributed by atoms with Gasteiger partial charge in [0.1, 0.15) is 17.8 Å². The van der Waals surface area contributed by atoms with E-state index < -0.39 is 23.2 Å². The third kappa shape index (κ3) is 3.37. The van der Waals surface area contributed by atoms with Crippen molar-refractivity contribution < 1.29 is 24.3 Å². The SMILES string of the molecule is COC(=O)[C@@]1(c2cccc(OCc3cc(C)nc4ccccc34)c2)C[C@@H]1C(=O)NO. The first-order valence-corrected chi connectivity index (χ1v) is 9.60. The Morgan fingerprint density at radius 3 is 2.77 bits per heavy atom. The lowest BCUT2D eigenvalue weighted by Crippen LogP contribution is -2.31. The van der Waals surface area contributed by atoms with Crippen LogP contribution < -0.4 is 10.2 Å². The summed E-state index contributed by atoms with van der Waals surface area (Å²) in [7, 11) is 1.29. The van der Waals surface area contributed by atoms with Crippen molar-refractivity contribution in [3.8, 4) is 5.75 Å². The van der Waals surface area contributed by atoms with E-state index in [1.54, 1.807) is 29.7 Å². The molecule has 1 aliphatic rings. The molecule has 1 heterocycles. The van der Waals surface area contributed by atoms with E-state index in [1.165, 1.54) is 7.11 Å². The molecule has 2 atom stereocenters. The highest BCUT2D eigenvalue weighted by atomic mass is 16.5. The number of carbonyl (C=O) groups is 2. The van der Waals surface area contributed by atoms with E-state index >= 15 is 0 Å². The largest absolute Gasteiger partial charge is 0.489 e. The highest BCUT2D eigenvalue weighted by Gasteiger charge is 2.65. The van der Waals surface area contributed by atoms with E-state index in [1.807, 2.05) is 37.3 Å². The highest BCUT2D eigenvalue weighted by Crippen LogP contribution is 2.55. The summed E-state index contributed by atoms with van der Waals surface area (Å²) >= 11 is 0. The molecule has 4 rings (SSSR count). The number of pyridine rings is 1.